The largest absolute Gasteiger partial charge is 0.387 e. The third-order valence-electron chi connectivity index (χ3n) is 4.67. The summed E-state index contributed by atoms with van der Waals surface area (Å²) in [7, 11) is 0. The van der Waals surface area contributed by atoms with Crippen molar-refractivity contribution in [3.8, 4) is 0 Å². The maximum atomic E-state index is 13.3. The highest BCUT2D eigenvalue weighted by molar-refractivity contribution is 7.11. The van der Waals surface area contributed by atoms with E-state index in [4.69, 9.17) is 11.5 Å². The summed E-state index contributed by atoms with van der Waals surface area (Å²) < 4.78 is 0. The molecule has 2 heterocycles. The Morgan fingerprint density at radius 2 is 2.15 bits per heavy atom. The van der Waals surface area contributed by atoms with E-state index < -0.39 is 0 Å². The number of carbonyl (C=O) groups is 1. The lowest BCUT2D eigenvalue weighted by Gasteiger charge is -2.24. The minimum Gasteiger partial charge on any atom is -0.387 e. The molecule has 0 radical (unpaired) electrons. The number of carbonyl (C=O) groups excluding carboxylic acids is 1. The van der Waals surface area contributed by atoms with Crippen molar-refractivity contribution in [3.05, 3.63) is 56.8 Å². The van der Waals surface area contributed by atoms with Gasteiger partial charge in [-0.15, -0.1) is 11.3 Å². The van der Waals surface area contributed by atoms with Crippen LogP contribution in [-0.2, 0) is 17.9 Å². The number of aliphatic imine (C=N–C) groups is 1. The maximum absolute atomic E-state index is 13.3. The van der Waals surface area contributed by atoms with Gasteiger partial charge in [-0.05, 0) is 47.6 Å². The lowest BCUT2D eigenvalue weighted by molar-refractivity contribution is -0.127. The first-order valence-corrected chi connectivity index (χ1v) is 10.1. The fraction of sp³-hybridized carbons (Fsp3) is 0.333. The van der Waals surface area contributed by atoms with Crippen LogP contribution in [0.15, 0.2) is 40.2 Å². The summed E-state index contributed by atoms with van der Waals surface area (Å²) in [5.74, 6) is 0.503. The monoisotopic (exact) mass is 382 g/mol. The summed E-state index contributed by atoms with van der Waals surface area (Å²) in [5.41, 5.74) is 16.7. The predicted molar refractivity (Wildman–Crippen MR) is 113 cm³/mol. The average molecular weight is 383 g/mol. The Labute approximate surface area is 164 Å². The van der Waals surface area contributed by atoms with E-state index >= 15 is 0 Å². The highest BCUT2D eigenvalue weighted by atomic mass is 32.1. The molecule has 3 rings (SSSR count). The first kappa shape index (κ1) is 19.3. The molecule has 1 aromatic heterocycles. The molecule has 1 aliphatic heterocycles. The molecular formula is C21H26N4OS. The highest BCUT2D eigenvalue weighted by Gasteiger charge is 2.22. The van der Waals surface area contributed by atoms with Crippen molar-refractivity contribution in [2.45, 2.75) is 39.8 Å². The van der Waals surface area contributed by atoms with Gasteiger partial charge in [-0.25, -0.2) is 4.99 Å². The SMILES string of the molecule is CCCN(Cc1ccc(CN)c(C)c1)C(=O)C1=Cc2sccc2N=C(N)C1. The summed E-state index contributed by atoms with van der Waals surface area (Å²) >= 11 is 1.58. The molecule has 0 atom stereocenters. The van der Waals surface area contributed by atoms with E-state index in [0.717, 1.165) is 33.7 Å². The molecule has 2 aromatic rings. The Morgan fingerprint density at radius 3 is 2.85 bits per heavy atom. The molecule has 27 heavy (non-hydrogen) atoms. The van der Waals surface area contributed by atoms with Gasteiger partial charge in [0.25, 0.3) is 5.91 Å². The molecule has 0 unspecified atom stereocenters. The topological polar surface area (TPSA) is 84.7 Å². The Balaban J connectivity index is 1.85. The minimum absolute atomic E-state index is 0.0248. The number of rotatable bonds is 6. The number of aryl methyl sites for hydroxylation is 1. The van der Waals surface area contributed by atoms with Crippen LogP contribution < -0.4 is 11.5 Å². The highest BCUT2D eigenvalue weighted by Crippen LogP contribution is 2.31. The minimum atomic E-state index is 0.0248. The van der Waals surface area contributed by atoms with E-state index in [2.05, 4.69) is 31.0 Å². The molecule has 4 N–H and O–H groups in total. The molecule has 0 bridgehead atoms. The van der Waals surface area contributed by atoms with Gasteiger partial charge < -0.3 is 16.4 Å². The maximum Gasteiger partial charge on any atom is 0.250 e. The molecule has 1 aromatic carbocycles. The van der Waals surface area contributed by atoms with Crippen molar-refractivity contribution < 1.29 is 4.79 Å². The first-order chi connectivity index (χ1) is 13.0. The van der Waals surface area contributed by atoms with Gasteiger partial charge in [0.05, 0.1) is 10.6 Å². The van der Waals surface area contributed by atoms with Crippen LogP contribution in [0.25, 0.3) is 6.08 Å². The second-order valence-corrected chi connectivity index (χ2v) is 7.76. The van der Waals surface area contributed by atoms with Crippen molar-refractivity contribution in [1.82, 2.24) is 4.90 Å². The molecule has 142 valence electrons. The Hall–Kier alpha value is -2.44. The predicted octanol–water partition coefficient (Wildman–Crippen LogP) is 3.73. The molecule has 1 amide bonds. The Kier molecular flexibility index (Phi) is 6.08. The molecule has 5 nitrogen and oxygen atoms in total. The molecule has 0 saturated carbocycles. The zero-order valence-corrected chi connectivity index (χ0v) is 16.7. The third kappa shape index (κ3) is 4.46. The fourth-order valence-electron chi connectivity index (χ4n) is 3.28. The summed E-state index contributed by atoms with van der Waals surface area (Å²) in [5, 5.41) is 1.97. The Bertz CT molecular complexity index is 897. The van der Waals surface area contributed by atoms with Crippen LogP contribution in [0, 0.1) is 6.92 Å². The lowest BCUT2D eigenvalue weighted by atomic mass is 10.0. The van der Waals surface area contributed by atoms with Crippen molar-refractivity contribution in [3.63, 3.8) is 0 Å². The number of amidine groups is 1. The number of nitrogens with two attached hydrogens (primary N) is 2. The average Bonchev–Trinajstić information content (AvgIpc) is 3.00. The van der Waals surface area contributed by atoms with Crippen LogP contribution in [0.3, 0.4) is 0 Å². The summed E-state index contributed by atoms with van der Waals surface area (Å²) in [6, 6.07) is 8.15. The van der Waals surface area contributed by atoms with Crippen LogP contribution >= 0.6 is 11.3 Å². The van der Waals surface area contributed by atoms with Gasteiger partial charge in [-0.1, -0.05) is 25.1 Å². The van der Waals surface area contributed by atoms with Gasteiger partial charge in [0, 0.05) is 31.6 Å². The number of amides is 1. The van der Waals surface area contributed by atoms with E-state index in [1.807, 2.05) is 28.5 Å². The van der Waals surface area contributed by atoms with E-state index in [0.29, 0.717) is 37.5 Å². The number of fused-ring (bicyclic) bond motifs is 1. The number of benzene rings is 1. The summed E-state index contributed by atoms with van der Waals surface area (Å²) in [6.45, 7) is 5.93. The molecular weight excluding hydrogens is 356 g/mol. The number of hydrogen-bond acceptors (Lipinski definition) is 5. The molecule has 0 fully saturated rings. The smallest absolute Gasteiger partial charge is 0.250 e. The number of nitrogens with zero attached hydrogens (tertiary/aromatic N) is 2. The van der Waals surface area contributed by atoms with Gasteiger partial charge >= 0.3 is 0 Å². The van der Waals surface area contributed by atoms with Crippen molar-refractivity contribution in [1.29, 1.82) is 0 Å². The van der Waals surface area contributed by atoms with Crippen LogP contribution in [-0.4, -0.2) is 23.2 Å². The third-order valence-corrected chi connectivity index (χ3v) is 5.52. The van der Waals surface area contributed by atoms with Gasteiger partial charge in [0.1, 0.15) is 5.84 Å². The molecule has 0 saturated heterocycles. The van der Waals surface area contributed by atoms with Crippen molar-refractivity contribution in [2.75, 3.05) is 6.54 Å². The van der Waals surface area contributed by atoms with Crippen molar-refractivity contribution in [2.24, 2.45) is 16.5 Å². The van der Waals surface area contributed by atoms with Gasteiger partial charge in [0.15, 0.2) is 0 Å². The summed E-state index contributed by atoms with van der Waals surface area (Å²) in [6.07, 6.45) is 3.22. The quantitative estimate of drug-likeness (QED) is 0.798. The molecule has 6 heteroatoms. The standard InChI is InChI=1S/C21H26N4OS/c1-3-7-25(13-15-4-5-16(12-22)14(2)9-15)21(26)17-10-19-18(6-8-27-19)24-20(23)11-17/h4-6,8-10H,3,7,11-13,22H2,1-2H3,(H2,23,24). The van der Waals surface area contributed by atoms with Crippen LogP contribution in [0.4, 0.5) is 5.69 Å². The van der Waals surface area contributed by atoms with E-state index in [1.54, 1.807) is 11.3 Å². The number of thiophene rings is 1. The zero-order valence-electron chi connectivity index (χ0n) is 15.9. The molecule has 0 spiro atoms. The first-order valence-electron chi connectivity index (χ1n) is 9.20. The van der Waals surface area contributed by atoms with Crippen LogP contribution in [0.2, 0.25) is 0 Å². The van der Waals surface area contributed by atoms with Gasteiger partial charge in [-0.3, -0.25) is 4.79 Å². The normalized spacial score (nSPS) is 13.4. The second-order valence-electron chi connectivity index (χ2n) is 6.81. The van der Waals surface area contributed by atoms with Crippen LogP contribution in [0.1, 0.15) is 41.3 Å². The van der Waals surface area contributed by atoms with E-state index in [-0.39, 0.29) is 5.91 Å². The second kappa shape index (κ2) is 8.50. The zero-order chi connectivity index (χ0) is 19.4. The van der Waals surface area contributed by atoms with E-state index in [1.165, 1.54) is 0 Å². The van der Waals surface area contributed by atoms with Crippen LogP contribution in [0.5, 0.6) is 0 Å². The lowest BCUT2D eigenvalue weighted by Crippen LogP contribution is -2.33. The molecule has 1 aliphatic rings. The fourth-order valence-corrected chi connectivity index (χ4v) is 4.07. The van der Waals surface area contributed by atoms with Gasteiger partial charge in [0.2, 0.25) is 0 Å². The Morgan fingerprint density at radius 1 is 1.33 bits per heavy atom. The number of hydrogen-bond donors (Lipinski definition) is 2. The summed E-state index contributed by atoms with van der Waals surface area (Å²) in [4.78, 5) is 20.6. The van der Waals surface area contributed by atoms with E-state index in [9.17, 15) is 4.79 Å². The van der Waals surface area contributed by atoms with Gasteiger partial charge in [-0.2, -0.15) is 0 Å². The molecule has 0 aliphatic carbocycles. The van der Waals surface area contributed by atoms with Crippen molar-refractivity contribution >= 4 is 34.8 Å².